The summed E-state index contributed by atoms with van der Waals surface area (Å²) in [6.07, 6.45) is 20.3. The Hall–Kier alpha value is -1.79. The third-order valence-electron chi connectivity index (χ3n) is 4.80. The van der Waals surface area contributed by atoms with Crippen molar-refractivity contribution in [1.82, 2.24) is 0 Å². The van der Waals surface area contributed by atoms with Crippen LogP contribution in [0.5, 0.6) is 0 Å². The van der Waals surface area contributed by atoms with Gasteiger partial charge in [-0.3, -0.25) is 25.0 Å². The molecule has 0 aromatic carbocycles. The second-order valence-electron chi connectivity index (χ2n) is 7.12. The summed E-state index contributed by atoms with van der Waals surface area (Å²) in [4.78, 5) is 29.9. The van der Waals surface area contributed by atoms with Crippen molar-refractivity contribution in [2.24, 2.45) is 0 Å². The molecule has 0 aromatic rings. The number of unbranched alkanes of at least 4 members (excludes halogenated alkanes) is 12. The topological polar surface area (TPSA) is 103 Å². The molecule has 27 heavy (non-hydrogen) atoms. The molecular weight excluding hydrogens is 348 g/mol. The Morgan fingerprint density at radius 1 is 0.741 bits per heavy atom. The molecule has 1 radical (unpaired) electrons. The highest BCUT2D eigenvalue weighted by molar-refractivity contribution is 5.59. The van der Waals surface area contributed by atoms with E-state index >= 15 is 0 Å². The fraction of sp³-hybridized carbons (Fsp3) is 0.850. The third kappa shape index (κ3) is 11.5. The first-order chi connectivity index (χ1) is 13.0. The summed E-state index contributed by atoms with van der Waals surface area (Å²) in [6.45, 7) is 2.23. The zero-order valence-corrected chi connectivity index (χ0v) is 16.7. The van der Waals surface area contributed by atoms with Crippen molar-refractivity contribution in [3.63, 3.8) is 0 Å². The van der Waals surface area contributed by atoms with E-state index in [1.807, 2.05) is 0 Å². The second kappa shape index (κ2) is 16.4. The fourth-order valence-electron chi connectivity index (χ4n) is 2.99. The van der Waals surface area contributed by atoms with Crippen molar-refractivity contribution in [3.8, 4) is 0 Å². The smallest absolute Gasteiger partial charge is 0.273 e. The summed E-state index contributed by atoms with van der Waals surface area (Å²) in [5.41, 5.74) is -2.80. The lowest BCUT2D eigenvalue weighted by atomic mass is 10.0. The van der Waals surface area contributed by atoms with Gasteiger partial charge in [0.1, 0.15) is 9.85 Å². The number of nitro groups is 2. The van der Waals surface area contributed by atoms with Gasteiger partial charge in [-0.1, -0.05) is 76.9 Å². The zero-order valence-electron chi connectivity index (χ0n) is 16.7. The van der Waals surface area contributed by atoms with Crippen molar-refractivity contribution in [3.05, 3.63) is 32.4 Å². The Kier molecular flexibility index (Phi) is 15.3. The first-order valence-electron chi connectivity index (χ1n) is 10.3. The number of hydrogen-bond acceptors (Lipinski definition) is 5. The summed E-state index contributed by atoms with van der Waals surface area (Å²) in [6, 6.07) is 0. The fourth-order valence-corrected chi connectivity index (χ4v) is 2.99. The lowest BCUT2D eigenvalue weighted by Gasteiger charge is -2.09. The molecule has 155 valence electrons. The van der Waals surface area contributed by atoms with Gasteiger partial charge in [0.25, 0.3) is 0 Å². The van der Waals surface area contributed by atoms with Crippen LogP contribution in [0.25, 0.3) is 0 Å². The SMILES string of the molecule is CCCCCCCCCC/C=C\CCCCCCC([C]=O)([N+](=O)[O-])[N+](=O)[O-]. The number of hydrogen-bond donors (Lipinski definition) is 0. The molecule has 7 nitrogen and oxygen atoms in total. The van der Waals surface area contributed by atoms with Crippen LogP contribution >= 0.6 is 0 Å². The Labute approximate surface area is 162 Å². The van der Waals surface area contributed by atoms with E-state index in [4.69, 9.17) is 0 Å². The lowest BCUT2D eigenvalue weighted by Crippen LogP contribution is -2.47. The van der Waals surface area contributed by atoms with Crippen LogP contribution in [0.4, 0.5) is 0 Å². The summed E-state index contributed by atoms with van der Waals surface area (Å²) in [7, 11) is 0. The summed E-state index contributed by atoms with van der Waals surface area (Å²) >= 11 is 0. The van der Waals surface area contributed by atoms with E-state index in [-0.39, 0.29) is 6.42 Å². The van der Waals surface area contributed by atoms with Crippen LogP contribution in [-0.4, -0.2) is 21.8 Å². The van der Waals surface area contributed by atoms with Crippen LogP contribution in [-0.2, 0) is 4.79 Å². The second-order valence-corrected chi connectivity index (χ2v) is 7.12. The molecule has 0 saturated carbocycles. The summed E-state index contributed by atoms with van der Waals surface area (Å²) < 4.78 is 0. The minimum atomic E-state index is -2.80. The van der Waals surface area contributed by atoms with Crippen molar-refractivity contribution >= 4 is 6.29 Å². The van der Waals surface area contributed by atoms with E-state index < -0.39 is 21.9 Å². The van der Waals surface area contributed by atoms with Crippen LogP contribution in [0, 0.1) is 20.2 Å². The molecule has 0 aliphatic rings. The maximum atomic E-state index is 10.8. The Bertz CT molecular complexity index is 438. The molecule has 0 saturated heterocycles. The monoisotopic (exact) mass is 383 g/mol. The molecule has 0 bridgehead atoms. The van der Waals surface area contributed by atoms with Gasteiger partial charge in [-0.25, -0.2) is 0 Å². The molecule has 0 unspecified atom stereocenters. The highest BCUT2D eigenvalue weighted by atomic mass is 16.7. The molecule has 7 heteroatoms. The maximum Gasteiger partial charge on any atom is 0.523 e. The molecule has 0 amide bonds. The van der Waals surface area contributed by atoms with E-state index in [2.05, 4.69) is 19.1 Å². The number of allylic oxidation sites excluding steroid dienone is 2. The third-order valence-corrected chi connectivity index (χ3v) is 4.80. The van der Waals surface area contributed by atoms with Crippen LogP contribution in [0.3, 0.4) is 0 Å². The zero-order chi connectivity index (χ0) is 20.4. The maximum absolute atomic E-state index is 10.8. The van der Waals surface area contributed by atoms with Gasteiger partial charge in [-0.2, -0.15) is 0 Å². The first kappa shape index (κ1) is 25.2. The normalized spacial score (nSPS) is 11.7. The van der Waals surface area contributed by atoms with Gasteiger partial charge in [0, 0.05) is 0 Å². The highest BCUT2D eigenvalue weighted by Gasteiger charge is 2.57. The molecule has 0 N–H and O–H groups in total. The number of carbonyl (C=O) groups excluding carboxylic acids is 1. The van der Waals surface area contributed by atoms with Gasteiger partial charge in [0.15, 0.2) is 0 Å². The minimum Gasteiger partial charge on any atom is -0.273 e. The van der Waals surface area contributed by atoms with Gasteiger partial charge < -0.3 is 0 Å². The molecule has 0 aliphatic carbocycles. The Morgan fingerprint density at radius 3 is 1.56 bits per heavy atom. The van der Waals surface area contributed by atoms with Crippen LogP contribution in [0.2, 0.25) is 0 Å². The number of rotatable bonds is 19. The summed E-state index contributed by atoms with van der Waals surface area (Å²) in [5, 5.41) is 21.6. The van der Waals surface area contributed by atoms with E-state index in [0.717, 1.165) is 32.0 Å². The van der Waals surface area contributed by atoms with E-state index in [1.165, 1.54) is 51.4 Å². The molecular formula is C20H35N2O5. The van der Waals surface area contributed by atoms with Crippen LogP contribution in [0.15, 0.2) is 12.2 Å². The Morgan fingerprint density at radius 2 is 1.15 bits per heavy atom. The van der Waals surface area contributed by atoms with Gasteiger partial charge in [0.05, 0.1) is 6.42 Å². The largest absolute Gasteiger partial charge is 0.523 e. The van der Waals surface area contributed by atoms with Gasteiger partial charge in [-0.15, -0.1) is 0 Å². The number of nitrogens with zero attached hydrogens (tertiary/aromatic N) is 2. The van der Waals surface area contributed by atoms with Crippen molar-refractivity contribution in [1.29, 1.82) is 0 Å². The molecule has 0 heterocycles. The van der Waals surface area contributed by atoms with Crippen LogP contribution in [0.1, 0.15) is 103 Å². The van der Waals surface area contributed by atoms with E-state index in [0.29, 0.717) is 6.42 Å². The predicted molar refractivity (Wildman–Crippen MR) is 106 cm³/mol. The molecule has 0 spiro atoms. The molecule has 0 atom stereocenters. The standard InChI is InChI=1S/C20H35N2O5/c1-2-3-4-5-6-7-8-9-10-11-12-13-14-15-16-17-18-20(19-23,21(24)25)22(26)27/h11-12H,2-10,13-18H2,1H3/b12-11-. The first-order valence-corrected chi connectivity index (χ1v) is 10.3. The Balaban J connectivity index is 3.58. The van der Waals surface area contributed by atoms with Crippen molar-refractivity contribution in [2.75, 3.05) is 0 Å². The molecule has 0 aliphatic heterocycles. The van der Waals surface area contributed by atoms with Gasteiger partial charge >= 0.3 is 11.9 Å². The molecule has 0 aromatic heterocycles. The average Bonchev–Trinajstić information content (AvgIpc) is 2.64. The molecule has 0 fully saturated rings. The minimum absolute atomic E-state index is 0.277. The predicted octanol–water partition coefficient (Wildman–Crippen LogP) is 5.77. The lowest BCUT2D eigenvalue weighted by molar-refractivity contribution is -0.772. The average molecular weight is 384 g/mol. The van der Waals surface area contributed by atoms with Crippen LogP contribution < -0.4 is 0 Å². The van der Waals surface area contributed by atoms with Gasteiger partial charge in [-0.05, 0) is 32.1 Å². The van der Waals surface area contributed by atoms with E-state index in [9.17, 15) is 25.0 Å². The van der Waals surface area contributed by atoms with E-state index in [1.54, 1.807) is 0 Å². The molecule has 0 rings (SSSR count). The van der Waals surface area contributed by atoms with Gasteiger partial charge in [0.2, 0.25) is 0 Å². The summed E-state index contributed by atoms with van der Waals surface area (Å²) in [5.74, 6) is 0. The van der Waals surface area contributed by atoms with Crippen molar-refractivity contribution < 1.29 is 14.6 Å². The highest BCUT2D eigenvalue weighted by Crippen LogP contribution is 2.18. The van der Waals surface area contributed by atoms with Crippen molar-refractivity contribution in [2.45, 2.75) is 109 Å². The quantitative estimate of drug-likeness (QED) is 0.0925.